The van der Waals surface area contributed by atoms with E-state index in [1.54, 1.807) is 0 Å². The lowest BCUT2D eigenvalue weighted by molar-refractivity contribution is -0.119. The first-order chi connectivity index (χ1) is 15.3. The van der Waals surface area contributed by atoms with Gasteiger partial charge in [-0.15, -0.1) is 11.3 Å². The Morgan fingerprint density at radius 2 is 1.91 bits per heavy atom. The van der Waals surface area contributed by atoms with Crippen molar-refractivity contribution in [2.45, 2.75) is 30.6 Å². The van der Waals surface area contributed by atoms with E-state index in [9.17, 15) is 18.0 Å². The molecule has 1 N–H and O–H groups in total. The van der Waals surface area contributed by atoms with Crippen LogP contribution in [0.15, 0.2) is 29.2 Å². The number of fused-ring (bicyclic) bond motifs is 1. The van der Waals surface area contributed by atoms with Gasteiger partial charge in [0, 0.05) is 18.0 Å². The molecule has 8 nitrogen and oxygen atoms in total. The van der Waals surface area contributed by atoms with Gasteiger partial charge in [0.25, 0.3) is 5.91 Å². The number of hydrogen-bond donors (Lipinski definition) is 1. The Morgan fingerprint density at radius 3 is 2.66 bits per heavy atom. The number of nitrogens with one attached hydrogen (secondary N) is 1. The molecule has 1 aliphatic carbocycles. The fraction of sp³-hybridized carbons (Fsp3) is 0.429. The second kappa shape index (κ2) is 9.88. The molecule has 0 bridgehead atoms. The average Bonchev–Trinajstić information content (AvgIpc) is 3.24. The van der Waals surface area contributed by atoms with Crippen LogP contribution in [0.5, 0.6) is 0 Å². The number of anilines is 1. The normalized spacial score (nSPS) is 16.9. The van der Waals surface area contributed by atoms with Crippen molar-refractivity contribution in [3.05, 3.63) is 44.6 Å². The summed E-state index contributed by atoms with van der Waals surface area (Å²) in [5, 5.41) is 2.71. The zero-order valence-corrected chi connectivity index (χ0v) is 19.7. The lowest BCUT2D eigenvalue weighted by atomic mass is 9.99. The summed E-state index contributed by atoms with van der Waals surface area (Å²) in [6, 6.07) is 5.95. The van der Waals surface area contributed by atoms with Crippen LogP contribution in [0, 0.1) is 0 Å². The molecule has 0 spiro atoms. The molecule has 0 atom stereocenters. The van der Waals surface area contributed by atoms with Crippen molar-refractivity contribution < 1.29 is 27.5 Å². The minimum Gasteiger partial charge on any atom is -0.451 e. The Bertz CT molecular complexity index is 1100. The van der Waals surface area contributed by atoms with Gasteiger partial charge in [0.2, 0.25) is 10.0 Å². The summed E-state index contributed by atoms with van der Waals surface area (Å²) in [5.74, 6) is -1.16. The zero-order valence-electron chi connectivity index (χ0n) is 17.3. The number of sulfonamides is 1. The van der Waals surface area contributed by atoms with Crippen LogP contribution in [-0.4, -0.2) is 57.5 Å². The molecule has 32 heavy (non-hydrogen) atoms. The van der Waals surface area contributed by atoms with E-state index in [2.05, 4.69) is 5.32 Å². The van der Waals surface area contributed by atoms with E-state index in [4.69, 9.17) is 21.1 Å². The van der Waals surface area contributed by atoms with Gasteiger partial charge in [-0.05, 0) is 55.5 Å². The first-order valence-corrected chi connectivity index (χ1v) is 12.9. The third-order valence-corrected chi connectivity index (χ3v) is 8.79. The van der Waals surface area contributed by atoms with Gasteiger partial charge in [-0.1, -0.05) is 11.6 Å². The van der Waals surface area contributed by atoms with E-state index >= 15 is 0 Å². The molecule has 0 unspecified atom stereocenters. The van der Waals surface area contributed by atoms with Crippen molar-refractivity contribution in [2.75, 3.05) is 38.2 Å². The molecular weight excluding hydrogens is 476 g/mol. The molecule has 0 saturated carbocycles. The minimum atomic E-state index is -3.74. The largest absolute Gasteiger partial charge is 0.451 e. The van der Waals surface area contributed by atoms with Gasteiger partial charge in [0.1, 0.15) is 4.88 Å². The fourth-order valence-electron chi connectivity index (χ4n) is 3.68. The van der Waals surface area contributed by atoms with Crippen LogP contribution >= 0.6 is 22.9 Å². The summed E-state index contributed by atoms with van der Waals surface area (Å²) in [6.07, 6.45) is 4.16. The number of aryl methyl sites for hydroxylation is 2. The van der Waals surface area contributed by atoms with Crippen LogP contribution in [0.1, 0.15) is 33.0 Å². The predicted molar refractivity (Wildman–Crippen MR) is 121 cm³/mol. The van der Waals surface area contributed by atoms with Crippen molar-refractivity contribution in [1.29, 1.82) is 0 Å². The van der Waals surface area contributed by atoms with E-state index in [1.165, 1.54) is 44.3 Å². The van der Waals surface area contributed by atoms with Crippen molar-refractivity contribution in [3.8, 4) is 0 Å². The number of nitrogens with zero attached hydrogens (tertiary/aromatic N) is 1. The summed E-state index contributed by atoms with van der Waals surface area (Å²) in [5.41, 5.74) is 1.32. The highest BCUT2D eigenvalue weighted by atomic mass is 35.5. The molecule has 1 saturated heterocycles. The molecule has 172 valence electrons. The maximum absolute atomic E-state index is 12.8. The highest BCUT2D eigenvalue weighted by molar-refractivity contribution is 7.89. The van der Waals surface area contributed by atoms with Crippen molar-refractivity contribution in [3.63, 3.8) is 0 Å². The first kappa shape index (κ1) is 23.2. The SMILES string of the molecule is O=C(COC(=O)c1cc2c(s1)CCCC2)Nc1cc(S(=O)(=O)N2CCOCC2)ccc1Cl. The van der Waals surface area contributed by atoms with Gasteiger partial charge in [0.15, 0.2) is 6.61 Å². The molecule has 4 rings (SSSR count). The Labute approximate surface area is 195 Å². The van der Waals surface area contributed by atoms with Gasteiger partial charge < -0.3 is 14.8 Å². The van der Waals surface area contributed by atoms with E-state index in [0.717, 1.165) is 25.7 Å². The van der Waals surface area contributed by atoms with Gasteiger partial charge in [-0.25, -0.2) is 13.2 Å². The minimum absolute atomic E-state index is 0.0141. The summed E-state index contributed by atoms with van der Waals surface area (Å²) in [6.45, 7) is 0.672. The standard InChI is InChI=1S/C21H23ClN2O6S2/c22-16-6-5-15(32(27,28)24-7-9-29-10-8-24)12-17(16)23-20(25)13-30-21(26)19-11-14-3-1-2-4-18(14)31-19/h5-6,11-12H,1-4,7-10,13H2,(H,23,25). The van der Waals surface area contributed by atoms with Crippen molar-refractivity contribution in [2.24, 2.45) is 0 Å². The van der Waals surface area contributed by atoms with E-state index in [1.807, 2.05) is 6.07 Å². The Kier molecular flexibility index (Phi) is 7.16. The Morgan fingerprint density at radius 1 is 1.16 bits per heavy atom. The summed E-state index contributed by atoms with van der Waals surface area (Å²) in [4.78, 5) is 26.4. The lowest BCUT2D eigenvalue weighted by Crippen LogP contribution is -2.40. The van der Waals surface area contributed by atoms with Gasteiger partial charge in [0.05, 0.1) is 28.8 Å². The van der Waals surface area contributed by atoms with E-state index in [-0.39, 0.29) is 28.7 Å². The molecular formula is C21H23ClN2O6S2. The molecule has 2 aliphatic rings. The van der Waals surface area contributed by atoms with Crippen LogP contribution in [0.4, 0.5) is 5.69 Å². The number of carbonyl (C=O) groups is 2. The summed E-state index contributed by atoms with van der Waals surface area (Å²) in [7, 11) is -3.74. The molecule has 1 amide bonds. The number of halogens is 1. The Balaban J connectivity index is 1.39. The maximum atomic E-state index is 12.8. The van der Waals surface area contributed by atoms with Gasteiger partial charge in [-0.2, -0.15) is 4.31 Å². The van der Waals surface area contributed by atoms with Crippen LogP contribution < -0.4 is 5.32 Å². The lowest BCUT2D eigenvalue weighted by Gasteiger charge is -2.26. The highest BCUT2D eigenvalue weighted by Crippen LogP contribution is 2.30. The molecule has 0 radical (unpaired) electrons. The molecule has 1 aromatic heterocycles. The second-order valence-corrected chi connectivity index (χ2v) is 11.0. The monoisotopic (exact) mass is 498 g/mol. The van der Waals surface area contributed by atoms with Crippen LogP contribution in [-0.2, 0) is 37.1 Å². The number of carbonyl (C=O) groups excluding carboxylic acids is 2. The number of hydrogen-bond acceptors (Lipinski definition) is 7. The number of benzene rings is 1. The first-order valence-electron chi connectivity index (χ1n) is 10.3. The average molecular weight is 499 g/mol. The van der Waals surface area contributed by atoms with Crippen molar-refractivity contribution >= 4 is 50.5 Å². The number of rotatable bonds is 6. The van der Waals surface area contributed by atoms with Crippen molar-refractivity contribution in [1.82, 2.24) is 4.31 Å². The van der Waals surface area contributed by atoms with Gasteiger partial charge in [-0.3, -0.25) is 4.79 Å². The number of amides is 1. The highest BCUT2D eigenvalue weighted by Gasteiger charge is 2.27. The third kappa shape index (κ3) is 5.15. The number of esters is 1. The van der Waals surface area contributed by atoms with Gasteiger partial charge >= 0.3 is 5.97 Å². The van der Waals surface area contributed by atoms with E-state index in [0.29, 0.717) is 18.1 Å². The molecule has 2 heterocycles. The number of thiophene rings is 1. The maximum Gasteiger partial charge on any atom is 0.348 e. The predicted octanol–water partition coefficient (Wildman–Crippen LogP) is 3.10. The Hall–Kier alpha value is -1.98. The molecule has 2 aromatic rings. The number of ether oxygens (including phenoxy) is 2. The molecule has 11 heteroatoms. The topological polar surface area (TPSA) is 102 Å². The quantitative estimate of drug-likeness (QED) is 0.614. The third-order valence-electron chi connectivity index (χ3n) is 5.35. The summed E-state index contributed by atoms with van der Waals surface area (Å²) >= 11 is 7.56. The second-order valence-electron chi connectivity index (χ2n) is 7.55. The van der Waals surface area contributed by atoms with Crippen LogP contribution in [0.2, 0.25) is 5.02 Å². The van der Waals surface area contributed by atoms with Crippen LogP contribution in [0.25, 0.3) is 0 Å². The summed E-state index contributed by atoms with van der Waals surface area (Å²) < 4.78 is 37.4. The number of morpholine rings is 1. The smallest absolute Gasteiger partial charge is 0.348 e. The fourth-order valence-corrected chi connectivity index (χ4v) is 6.42. The van der Waals surface area contributed by atoms with Crippen LogP contribution in [0.3, 0.4) is 0 Å². The van der Waals surface area contributed by atoms with E-state index < -0.39 is 28.5 Å². The zero-order chi connectivity index (χ0) is 22.7. The molecule has 1 fully saturated rings. The molecule has 1 aliphatic heterocycles. The molecule has 1 aromatic carbocycles.